The Bertz CT molecular complexity index is 532. The van der Waals surface area contributed by atoms with Crippen LogP contribution in [0.15, 0.2) is 0 Å². The van der Waals surface area contributed by atoms with Crippen LogP contribution >= 0.6 is 0 Å². The fraction of sp³-hybridized carbons (Fsp3) is 0.625. The van der Waals surface area contributed by atoms with Crippen molar-refractivity contribution in [1.82, 2.24) is 0 Å². The molecule has 19 heavy (non-hydrogen) atoms. The van der Waals surface area contributed by atoms with E-state index in [-0.39, 0.29) is 11.6 Å². The molecule has 2 aliphatic rings. The molecule has 1 aromatic carbocycles. The Balaban J connectivity index is 2.20. The molecule has 1 aliphatic heterocycles. The molecule has 0 amide bonds. The van der Waals surface area contributed by atoms with E-state index in [9.17, 15) is 5.11 Å². The summed E-state index contributed by atoms with van der Waals surface area (Å²) in [4.78, 5) is 0. The molecule has 3 nitrogen and oxygen atoms in total. The number of phenolic OH excluding ortho intramolecular Hbond substituents is 1. The second kappa shape index (κ2) is 4.14. The zero-order chi connectivity index (χ0) is 13.8. The maximum Gasteiger partial charge on any atom is 0.133 e. The van der Waals surface area contributed by atoms with Gasteiger partial charge in [0, 0.05) is 12.0 Å². The Hall–Kier alpha value is -1.22. The van der Waals surface area contributed by atoms with Gasteiger partial charge in [0.25, 0.3) is 0 Å². The molecular weight excluding hydrogens is 238 g/mol. The Morgan fingerprint density at radius 3 is 2.53 bits per heavy atom. The minimum Gasteiger partial charge on any atom is -0.507 e. The maximum atomic E-state index is 10.4. The summed E-state index contributed by atoms with van der Waals surface area (Å²) in [6, 6.07) is 0.240. The van der Waals surface area contributed by atoms with Crippen LogP contribution in [0.5, 0.6) is 11.5 Å². The zero-order valence-corrected chi connectivity index (χ0v) is 12.2. The van der Waals surface area contributed by atoms with Gasteiger partial charge in [-0.15, -0.1) is 0 Å². The summed E-state index contributed by atoms with van der Waals surface area (Å²) in [5.41, 5.74) is 8.62. The highest BCUT2D eigenvalue weighted by atomic mass is 16.5. The number of aromatic hydroxyl groups is 1. The molecule has 0 radical (unpaired) electrons. The molecule has 0 saturated heterocycles. The number of hydrogen-bond donors (Lipinski definition) is 2. The SMILES string of the molecule is CCc1c(O)c(C)c(C)c2c1C([NH3+])CC1(CCC1)O2. The van der Waals surface area contributed by atoms with E-state index in [1.165, 1.54) is 6.42 Å². The predicted octanol–water partition coefficient (Wildman–Crippen LogP) is 2.56. The first kappa shape index (κ1) is 12.8. The lowest BCUT2D eigenvalue weighted by molar-refractivity contribution is -0.438. The van der Waals surface area contributed by atoms with Gasteiger partial charge >= 0.3 is 0 Å². The van der Waals surface area contributed by atoms with Gasteiger partial charge in [-0.1, -0.05) is 6.92 Å². The molecule has 0 bridgehead atoms. The van der Waals surface area contributed by atoms with Gasteiger partial charge in [-0.3, -0.25) is 0 Å². The lowest BCUT2D eigenvalue weighted by Gasteiger charge is -2.47. The van der Waals surface area contributed by atoms with E-state index in [2.05, 4.69) is 19.6 Å². The molecule has 1 aliphatic carbocycles. The molecule has 3 rings (SSSR count). The first-order valence-electron chi connectivity index (χ1n) is 7.36. The van der Waals surface area contributed by atoms with Crippen LogP contribution in [0.4, 0.5) is 0 Å². The summed E-state index contributed by atoms with van der Waals surface area (Å²) in [5.74, 6) is 1.46. The normalized spacial score (nSPS) is 23.7. The monoisotopic (exact) mass is 262 g/mol. The van der Waals surface area contributed by atoms with Crippen LogP contribution in [-0.2, 0) is 6.42 Å². The van der Waals surface area contributed by atoms with Crippen molar-refractivity contribution in [3.8, 4) is 11.5 Å². The van der Waals surface area contributed by atoms with Crippen molar-refractivity contribution in [2.45, 2.75) is 64.5 Å². The lowest BCUT2D eigenvalue weighted by atomic mass is 9.72. The van der Waals surface area contributed by atoms with Crippen LogP contribution < -0.4 is 10.5 Å². The zero-order valence-electron chi connectivity index (χ0n) is 12.2. The van der Waals surface area contributed by atoms with E-state index in [1.807, 2.05) is 6.92 Å². The molecule has 1 spiro atoms. The topological polar surface area (TPSA) is 57.1 Å². The third-order valence-electron chi connectivity index (χ3n) is 5.08. The first-order valence-corrected chi connectivity index (χ1v) is 7.36. The van der Waals surface area contributed by atoms with Crippen LogP contribution in [-0.4, -0.2) is 10.7 Å². The van der Waals surface area contributed by atoms with Crippen molar-refractivity contribution in [3.05, 3.63) is 22.3 Å². The number of benzene rings is 1. The third kappa shape index (κ3) is 1.68. The van der Waals surface area contributed by atoms with Crippen LogP contribution in [0.25, 0.3) is 0 Å². The molecule has 1 fully saturated rings. The summed E-state index contributed by atoms with van der Waals surface area (Å²) in [5, 5.41) is 10.4. The van der Waals surface area contributed by atoms with Gasteiger partial charge in [0.05, 0.1) is 5.56 Å². The molecule has 104 valence electrons. The van der Waals surface area contributed by atoms with Crippen molar-refractivity contribution in [2.24, 2.45) is 0 Å². The standard InChI is InChI=1S/C16H23NO2/c1-4-11-13-12(17)8-16(6-5-7-16)19-15(13)10(3)9(2)14(11)18/h12,18H,4-8,17H2,1-3H3/p+1. The van der Waals surface area contributed by atoms with Gasteiger partial charge in [0.1, 0.15) is 23.1 Å². The van der Waals surface area contributed by atoms with Gasteiger partial charge in [-0.05, 0) is 50.7 Å². The average Bonchev–Trinajstić information content (AvgIpc) is 2.35. The fourth-order valence-corrected chi connectivity index (χ4v) is 3.65. The smallest absolute Gasteiger partial charge is 0.133 e. The molecule has 1 saturated carbocycles. The van der Waals surface area contributed by atoms with Crippen molar-refractivity contribution in [2.75, 3.05) is 0 Å². The second-order valence-electron chi connectivity index (χ2n) is 6.21. The van der Waals surface area contributed by atoms with Gasteiger partial charge in [0.2, 0.25) is 0 Å². The minimum atomic E-state index is 0.0403. The molecule has 3 heteroatoms. The van der Waals surface area contributed by atoms with Gasteiger partial charge in [0.15, 0.2) is 0 Å². The Kier molecular flexibility index (Phi) is 2.79. The Labute approximate surface area is 114 Å². The fourth-order valence-electron chi connectivity index (χ4n) is 3.65. The molecule has 1 atom stereocenters. The van der Waals surface area contributed by atoms with Gasteiger partial charge in [-0.2, -0.15) is 0 Å². The number of ether oxygens (including phenoxy) is 1. The van der Waals surface area contributed by atoms with E-state index in [1.54, 1.807) is 0 Å². The van der Waals surface area contributed by atoms with Crippen LogP contribution in [0.2, 0.25) is 0 Å². The maximum absolute atomic E-state index is 10.4. The minimum absolute atomic E-state index is 0.0403. The molecule has 1 heterocycles. The van der Waals surface area contributed by atoms with Crippen molar-refractivity contribution in [3.63, 3.8) is 0 Å². The molecule has 4 N–H and O–H groups in total. The molecule has 1 unspecified atom stereocenters. The summed E-state index contributed by atoms with van der Waals surface area (Å²) in [6.45, 7) is 6.12. The number of fused-ring (bicyclic) bond motifs is 1. The number of phenols is 1. The quantitative estimate of drug-likeness (QED) is 0.817. The molecular formula is C16H24NO2+. The van der Waals surface area contributed by atoms with Gasteiger partial charge in [-0.25, -0.2) is 0 Å². The summed E-state index contributed by atoms with van der Waals surface area (Å²) in [7, 11) is 0. The van der Waals surface area contributed by atoms with Crippen molar-refractivity contribution < 1.29 is 15.6 Å². The number of quaternary nitrogens is 1. The predicted molar refractivity (Wildman–Crippen MR) is 74.4 cm³/mol. The Morgan fingerprint density at radius 1 is 1.32 bits per heavy atom. The second-order valence-corrected chi connectivity index (χ2v) is 6.21. The highest BCUT2D eigenvalue weighted by Crippen LogP contribution is 2.51. The van der Waals surface area contributed by atoms with Crippen LogP contribution in [0.1, 0.15) is 60.9 Å². The van der Waals surface area contributed by atoms with E-state index >= 15 is 0 Å². The van der Waals surface area contributed by atoms with Gasteiger partial charge < -0.3 is 15.6 Å². The van der Waals surface area contributed by atoms with E-state index < -0.39 is 0 Å². The largest absolute Gasteiger partial charge is 0.507 e. The van der Waals surface area contributed by atoms with Crippen molar-refractivity contribution >= 4 is 0 Å². The summed E-state index contributed by atoms with van der Waals surface area (Å²) in [6.07, 6.45) is 5.39. The highest BCUT2D eigenvalue weighted by molar-refractivity contribution is 5.59. The lowest BCUT2D eigenvalue weighted by Crippen LogP contribution is -2.61. The third-order valence-corrected chi connectivity index (χ3v) is 5.08. The summed E-state index contributed by atoms with van der Waals surface area (Å²) < 4.78 is 6.38. The van der Waals surface area contributed by atoms with E-state index in [0.717, 1.165) is 53.7 Å². The van der Waals surface area contributed by atoms with Crippen LogP contribution in [0.3, 0.4) is 0 Å². The van der Waals surface area contributed by atoms with Crippen LogP contribution in [0, 0.1) is 13.8 Å². The average molecular weight is 262 g/mol. The van der Waals surface area contributed by atoms with E-state index in [0.29, 0.717) is 5.75 Å². The first-order chi connectivity index (χ1) is 8.99. The Morgan fingerprint density at radius 2 is 2.00 bits per heavy atom. The molecule has 1 aromatic rings. The summed E-state index contributed by atoms with van der Waals surface area (Å²) >= 11 is 0. The van der Waals surface area contributed by atoms with Crippen molar-refractivity contribution in [1.29, 1.82) is 0 Å². The van der Waals surface area contributed by atoms with E-state index in [4.69, 9.17) is 4.74 Å². The number of rotatable bonds is 1. The highest BCUT2D eigenvalue weighted by Gasteiger charge is 2.47. The number of hydrogen-bond acceptors (Lipinski definition) is 2. The molecule has 0 aromatic heterocycles.